The third-order valence-corrected chi connectivity index (χ3v) is 3.15. The van der Waals surface area contributed by atoms with E-state index in [0.717, 1.165) is 5.56 Å². The summed E-state index contributed by atoms with van der Waals surface area (Å²) < 4.78 is 6.21. The molecule has 1 atom stereocenters. The van der Waals surface area contributed by atoms with Crippen LogP contribution >= 0.6 is 0 Å². The molecule has 110 valence electrons. The highest BCUT2D eigenvalue weighted by molar-refractivity contribution is 5.77. The number of esters is 1. The van der Waals surface area contributed by atoms with Crippen molar-refractivity contribution in [1.29, 1.82) is 0 Å². The number of aryl methyl sites for hydroxylation is 1. The lowest BCUT2D eigenvalue weighted by Crippen LogP contribution is -2.20. The van der Waals surface area contributed by atoms with Crippen molar-refractivity contribution in [3.8, 4) is 0 Å². The Morgan fingerprint density at radius 3 is 2.62 bits per heavy atom. The molecule has 0 saturated heterocycles. The molecule has 0 spiro atoms. The van der Waals surface area contributed by atoms with Crippen molar-refractivity contribution in [1.82, 2.24) is 9.78 Å². The van der Waals surface area contributed by atoms with Crippen LogP contribution in [-0.2, 0) is 16.1 Å². The van der Waals surface area contributed by atoms with Crippen molar-refractivity contribution in [3.05, 3.63) is 57.8 Å². The quantitative estimate of drug-likeness (QED) is 0.477. The van der Waals surface area contributed by atoms with Crippen molar-refractivity contribution in [2.24, 2.45) is 0 Å². The summed E-state index contributed by atoms with van der Waals surface area (Å²) in [6, 6.07) is 9.11. The molecular formula is C14H15N3O4. The van der Waals surface area contributed by atoms with Gasteiger partial charge >= 0.3 is 11.8 Å². The zero-order valence-corrected chi connectivity index (χ0v) is 11.7. The van der Waals surface area contributed by atoms with Crippen LogP contribution in [0.3, 0.4) is 0 Å². The molecule has 2 aromatic rings. The van der Waals surface area contributed by atoms with Gasteiger partial charge in [-0.25, -0.2) is 0 Å². The maximum absolute atomic E-state index is 11.9. The van der Waals surface area contributed by atoms with E-state index in [-0.39, 0.29) is 12.4 Å². The van der Waals surface area contributed by atoms with Crippen LogP contribution in [0.25, 0.3) is 0 Å². The fraction of sp³-hybridized carbons (Fsp3) is 0.286. The number of rotatable bonds is 5. The predicted octanol–water partition coefficient (Wildman–Crippen LogP) is 2.06. The van der Waals surface area contributed by atoms with Crippen molar-refractivity contribution in [2.75, 3.05) is 7.11 Å². The molecule has 0 aliphatic carbocycles. The minimum atomic E-state index is -0.560. The highest BCUT2D eigenvalue weighted by Gasteiger charge is 2.25. The molecule has 2 rings (SSSR count). The summed E-state index contributed by atoms with van der Waals surface area (Å²) in [5.41, 5.74) is 1.23. The monoisotopic (exact) mass is 289 g/mol. The van der Waals surface area contributed by atoms with Crippen LogP contribution in [0.15, 0.2) is 36.5 Å². The molecule has 0 aliphatic heterocycles. The van der Waals surface area contributed by atoms with E-state index in [4.69, 9.17) is 4.74 Å². The van der Waals surface area contributed by atoms with Gasteiger partial charge in [-0.3, -0.25) is 4.79 Å². The summed E-state index contributed by atoms with van der Waals surface area (Å²) in [5, 5.41) is 14.7. The van der Waals surface area contributed by atoms with Crippen molar-refractivity contribution in [2.45, 2.75) is 19.4 Å². The Hall–Kier alpha value is -2.70. The van der Waals surface area contributed by atoms with Crippen molar-refractivity contribution >= 4 is 11.8 Å². The van der Waals surface area contributed by atoms with E-state index in [9.17, 15) is 14.9 Å². The van der Waals surface area contributed by atoms with Gasteiger partial charge in [-0.05, 0) is 17.4 Å². The molecule has 1 aromatic heterocycles. The number of nitro groups is 1. The minimum Gasteiger partial charge on any atom is -0.468 e. The van der Waals surface area contributed by atoms with E-state index in [1.54, 1.807) is 13.1 Å². The molecule has 1 aromatic carbocycles. The third kappa shape index (κ3) is 3.25. The van der Waals surface area contributed by atoms with Gasteiger partial charge in [0.05, 0.1) is 30.5 Å². The third-order valence-electron chi connectivity index (χ3n) is 3.15. The molecule has 21 heavy (non-hydrogen) atoms. The molecule has 1 heterocycles. The topological polar surface area (TPSA) is 87.3 Å². The van der Waals surface area contributed by atoms with Crippen LogP contribution in [0.1, 0.15) is 17.0 Å². The van der Waals surface area contributed by atoms with Gasteiger partial charge in [0.15, 0.2) is 0 Å². The molecule has 0 bridgehead atoms. The van der Waals surface area contributed by atoms with E-state index in [1.807, 2.05) is 30.3 Å². The fourth-order valence-electron chi connectivity index (χ4n) is 2.12. The summed E-state index contributed by atoms with van der Waals surface area (Å²) in [5.74, 6) is -1.17. The zero-order valence-electron chi connectivity index (χ0n) is 11.7. The van der Waals surface area contributed by atoms with Crippen LogP contribution in [0.4, 0.5) is 5.82 Å². The average Bonchev–Trinajstić information content (AvgIpc) is 2.86. The van der Waals surface area contributed by atoms with Crippen LogP contribution in [0.2, 0.25) is 0 Å². The first kappa shape index (κ1) is 14.7. The highest BCUT2D eigenvalue weighted by atomic mass is 16.6. The average molecular weight is 289 g/mol. The second-order valence-electron chi connectivity index (χ2n) is 4.60. The molecule has 0 aliphatic rings. The Labute approximate surface area is 121 Å². The summed E-state index contributed by atoms with van der Waals surface area (Å²) in [4.78, 5) is 22.2. The Bertz CT molecular complexity index is 651. The molecule has 0 radical (unpaired) electrons. The number of methoxy groups -OCH3 is 1. The first-order valence-corrected chi connectivity index (χ1v) is 6.34. The maximum atomic E-state index is 11.9. The highest BCUT2D eigenvalue weighted by Crippen LogP contribution is 2.21. The largest absolute Gasteiger partial charge is 0.468 e. The summed E-state index contributed by atoms with van der Waals surface area (Å²) in [7, 11) is 1.31. The Morgan fingerprint density at radius 2 is 2.10 bits per heavy atom. The second-order valence-corrected chi connectivity index (χ2v) is 4.60. The number of carbonyl (C=O) groups is 1. The number of carbonyl (C=O) groups excluding carboxylic acids is 1. The lowest BCUT2D eigenvalue weighted by atomic mass is 9.99. The molecule has 7 heteroatoms. The Kier molecular flexibility index (Phi) is 4.32. The summed E-state index contributed by atoms with van der Waals surface area (Å²) in [6.07, 6.45) is 1.55. The molecule has 1 unspecified atom stereocenters. The number of hydrogen-bond acceptors (Lipinski definition) is 5. The van der Waals surface area contributed by atoms with Gasteiger partial charge in [0, 0.05) is 0 Å². The zero-order chi connectivity index (χ0) is 15.4. The molecule has 0 amide bonds. The Balaban J connectivity index is 2.30. The first-order chi connectivity index (χ1) is 10.0. The second kappa shape index (κ2) is 6.17. The predicted molar refractivity (Wildman–Crippen MR) is 74.8 cm³/mol. The summed E-state index contributed by atoms with van der Waals surface area (Å²) in [6.45, 7) is 1.79. The standard InChI is InChI=1S/C14H15N3O4/c1-10-8-16(15-13(10)17(19)20)9-12(14(18)21-2)11-6-4-3-5-7-11/h3-8,12H,9H2,1-2H3. The van der Waals surface area contributed by atoms with E-state index < -0.39 is 16.8 Å². The van der Waals surface area contributed by atoms with Gasteiger partial charge in [-0.15, -0.1) is 0 Å². The van der Waals surface area contributed by atoms with Crippen molar-refractivity contribution < 1.29 is 14.5 Å². The molecule has 0 saturated carbocycles. The lowest BCUT2D eigenvalue weighted by molar-refractivity contribution is -0.390. The van der Waals surface area contributed by atoms with Gasteiger partial charge < -0.3 is 14.9 Å². The lowest BCUT2D eigenvalue weighted by Gasteiger charge is -2.13. The van der Waals surface area contributed by atoms with E-state index in [0.29, 0.717) is 5.56 Å². The number of aromatic nitrogens is 2. The van der Waals surface area contributed by atoms with Crippen LogP contribution < -0.4 is 0 Å². The van der Waals surface area contributed by atoms with E-state index in [1.165, 1.54) is 11.8 Å². The van der Waals surface area contributed by atoms with Gasteiger partial charge in [0.2, 0.25) is 0 Å². The van der Waals surface area contributed by atoms with Gasteiger partial charge in [0.25, 0.3) is 0 Å². The summed E-state index contributed by atoms with van der Waals surface area (Å²) >= 11 is 0. The van der Waals surface area contributed by atoms with Gasteiger partial charge in [-0.2, -0.15) is 4.68 Å². The van der Waals surface area contributed by atoms with Crippen LogP contribution in [0.5, 0.6) is 0 Å². The van der Waals surface area contributed by atoms with Crippen molar-refractivity contribution in [3.63, 3.8) is 0 Å². The Morgan fingerprint density at radius 1 is 1.43 bits per heavy atom. The fourth-order valence-corrected chi connectivity index (χ4v) is 2.12. The number of hydrogen-bond donors (Lipinski definition) is 0. The normalized spacial score (nSPS) is 11.9. The van der Waals surface area contributed by atoms with Crippen LogP contribution in [0, 0.1) is 17.0 Å². The number of ether oxygens (including phenoxy) is 1. The molecule has 0 N–H and O–H groups in total. The van der Waals surface area contributed by atoms with E-state index in [2.05, 4.69) is 5.10 Å². The molecule has 0 fully saturated rings. The van der Waals surface area contributed by atoms with E-state index >= 15 is 0 Å². The smallest absolute Gasteiger partial charge is 0.392 e. The SMILES string of the molecule is COC(=O)C(Cn1cc(C)c([N+](=O)[O-])n1)c1ccccc1. The van der Waals surface area contributed by atoms with Gasteiger partial charge in [0.1, 0.15) is 5.92 Å². The number of nitrogens with zero attached hydrogens (tertiary/aromatic N) is 3. The minimum absolute atomic E-state index is 0.186. The first-order valence-electron chi connectivity index (χ1n) is 6.34. The molecular weight excluding hydrogens is 274 g/mol. The van der Waals surface area contributed by atoms with Crippen LogP contribution in [-0.4, -0.2) is 27.8 Å². The maximum Gasteiger partial charge on any atom is 0.392 e. The molecule has 7 nitrogen and oxygen atoms in total. The number of benzene rings is 1. The van der Waals surface area contributed by atoms with Gasteiger partial charge in [-0.1, -0.05) is 30.3 Å².